The maximum absolute atomic E-state index is 13.3. The summed E-state index contributed by atoms with van der Waals surface area (Å²) in [5.74, 6) is -3.95. The monoisotopic (exact) mass is 450 g/mol. The predicted octanol–water partition coefficient (Wildman–Crippen LogP) is 1.82. The number of carbonyl (C=O) groups excluding carboxylic acids is 1. The van der Waals surface area contributed by atoms with Crippen molar-refractivity contribution in [2.75, 3.05) is 11.3 Å². The number of rotatable bonds is 7. The quantitative estimate of drug-likeness (QED) is 0.476. The van der Waals surface area contributed by atoms with Crippen molar-refractivity contribution < 1.29 is 45.8 Å². The van der Waals surface area contributed by atoms with Gasteiger partial charge in [-0.25, -0.2) is 17.6 Å². The molecule has 2 rings (SSSR count). The van der Waals surface area contributed by atoms with Gasteiger partial charge in [-0.2, -0.15) is 13.2 Å². The first-order chi connectivity index (χ1) is 13.8. The van der Waals surface area contributed by atoms with Crippen molar-refractivity contribution in [1.29, 1.82) is 0 Å². The average Bonchev–Trinajstić information content (AvgIpc) is 2.66. The van der Waals surface area contributed by atoms with Gasteiger partial charge < -0.3 is 15.5 Å². The van der Waals surface area contributed by atoms with E-state index in [1.807, 2.05) is 10.0 Å². The van der Waals surface area contributed by atoms with Crippen LogP contribution < -0.4 is 10.0 Å². The van der Waals surface area contributed by atoms with Crippen molar-refractivity contribution >= 4 is 27.6 Å². The number of aliphatic hydroxyl groups excluding tert-OH is 1. The zero-order chi connectivity index (χ0) is 22.7. The number of halogens is 4. The van der Waals surface area contributed by atoms with E-state index in [4.69, 9.17) is 10.2 Å². The fourth-order valence-electron chi connectivity index (χ4n) is 2.23. The van der Waals surface area contributed by atoms with Crippen molar-refractivity contribution in [3.05, 3.63) is 59.4 Å². The van der Waals surface area contributed by atoms with E-state index in [-0.39, 0.29) is 5.56 Å². The van der Waals surface area contributed by atoms with Crippen molar-refractivity contribution in [3.63, 3.8) is 0 Å². The van der Waals surface area contributed by atoms with Crippen LogP contribution in [0, 0.1) is 5.82 Å². The molecule has 0 aliphatic heterocycles. The molecule has 1 atom stereocenters. The molecular formula is C17H14F4N2O6S. The molecule has 0 aliphatic carbocycles. The molecule has 0 aliphatic rings. The van der Waals surface area contributed by atoms with E-state index in [1.165, 1.54) is 0 Å². The van der Waals surface area contributed by atoms with Crippen LogP contribution in [0.25, 0.3) is 0 Å². The third-order valence-corrected chi connectivity index (χ3v) is 5.13. The fraction of sp³-hybridized carbons (Fsp3) is 0.176. The van der Waals surface area contributed by atoms with Gasteiger partial charge in [-0.05, 0) is 42.5 Å². The highest BCUT2D eigenvalue weighted by Crippen LogP contribution is 2.33. The first kappa shape index (κ1) is 23.1. The first-order valence-electron chi connectivity index (χ1n) is 7.99. The summed E-state index contributed by atoms with van der Waals surface area (Å²) in [6.45, 7) is -0.866. The molecule has 0 radical (unpaired) electrons. The molecule has 0 saturated carbocycles. The van der Waals surface area contributed by atoms with Gasteiger partial charge in [-0.15, -0.1) is 0 Å². The second-order valence-electron chi connectivity index (χ2n) is 5.87. The average molecular weight is 450 g/mol. The minimum absolute atomic E-state index is 0.130. The van der Waals surface area contributed by atoms with Crippen LogP contribution in [-0.2, 0) is 21.0 Å². The molecule has 0 saturated heterocycles. The fourth-order valence-corrected chi connectivity index (χ4v) is 3.28. The number of benzene rings is 2. The topological polar surface area (TPSA) is 133 Å². The van der Waals surface area contributed by atoms with E-state index in [0.29, 0.717) is 12.1 Å². The number of anilines is 1. The Morgan fingerprint density at radius 3 is 2.17 bits per heavy atom. The number of carboxylic acid groups (broad SMARTS) is 1. The Morgan fingerprint density at radius 2 is 1.67 bits per heavy atom. The number of carboxylic acids is 1. The lowest BCUT2D eigenvalue weighted by Gasteiger charge is -2.13. The number of carbonyl (C=O) groups is 2. The van der Waals surface area contributed by atoms with Gasteiger partial charge >= 0.3 is 12.1 Å². The molecule has 0 aromatic heterocycles. The molecule has 8 nitrogen and oxygen atoms in total. The highest BCUT2D eigenvalue weighted by atomic mass is 32.2. The molecule has 162 valence electrons. The third-order valence-electron chi connectivity index (χ3n) is 3.74. The second kappa shape index (κ2) is 8.67. The van der Waals surface area contributed by atoms with Crippen molar-refractivity contribution in [2.45, 2.75) is 17.1 Å². The maximum atomic E-state index is 13.3. The highest BCUT2D eigenvalue weighted by molar-refractivity contribution is 7.92. The van der Waals surface area contributed by atoms with E-state index >= 15 is 0 Å². The number of hydrogen-bond acceptors (Lipinski definition) is 5. The molecule has 30 heavy (non-hydrogen) atoms. The lowest BCUT2D eigenvalue weighted by Crippen LogP contribution is -2.43. The Hall–Kier alpha value is -3.19. The normalized spacial score (nSPS) is 12.8. The lowest BCUT2D eigenvalue weighted by atomic mass is 10.2. The van der Waals surface area contributed by atoms with E-state index in [2.05, 4.69) is 0 Å². The number of aliphatic hydroxyl groups is 1. The summed E-state index contributed by atoms with van der Waals surface area (Å²) in [5.41, 5.74) is -2.31. The summed E-state index contributed by atoms with van der Waals surface area (Å²) in [6.07, 6.45) is -5.02. The Kier molecular flexibility index (Phi) is 6.67. The molecule has 2 aromatic carbocycles. The van der Waals surface area contributed by atoms with Gasteiger partial charge in [0.2, 0.25) is 0 Å². The Balaban J connectivity index is 2.22. The largest absolute Gasteiger partial charge is 0.480 e. The Labute approximate surface area is 167 Å². The van der Waals surface area contributed by atoms with Gasteiger partial charge in [0.05, 0.1) is 17.1 Å². The Morgan fingerprint density at radius 1 is 1.07 bits per heavy atom. The summed E-state index contributed by atoms with van der Waals surface area (Å²) in [4.78, 5) is 22.3. The van der Waals surface area contributed by atoms with Crippen LogP contribution in [0.3, 0.4) is 0 Å². The minimum Gasteiger partial charge on any atom is -0.480 e. The number of hydrogen-bond donors (Lipinski definition) is 4. The standard InChI is InChI=1S/C17H14F4N2O6S/c18-13-6-3-10(7-12(13)17(19,20)21)23-30(28,29)11-4-1-9(2-5-11)15(25)22-14(8-24)16(26)27/h1-7,14,23-24H,8H2,(H,22,25)(H,26,27). The maximum Gasteiger partial charge on any atom is 0.419 e. The predicted molar refractivity (Wildman–Crippen MR) is 94.6 cm³/mol. The van der Waals surface area contributed by atoms with Crippen LogP contribution in [0.2, 0.25) is 0 Å². The molecule has 0 fully saturated rings. The molecule has 2 aromatic rings. The van der Waals surface area contributed by atoms with Crippen molar-refractivity contribution in [1.82, 2.24) is 5.32 Å². The van der Waals surface area contributed by atoms with Gasteiger partial charge in [-0.3, -0.25) is 9.52 Å². The molecule has 0 heterocycles. The zero-order valence-electron chi connectivity index (χ0n) is 14.8. The van der Waals surface area contributed by atoms with Gasteiger partial charge in [0.25, 0.3) is 15.9 Å². The van der Waals surface area contributed by atoms with Gasteiger partial charge in [0, 0.05) is 11.3 Å². The van der Waals surface area contributed by atoms with Crippen LogP contribution in [0.4, 0.5) is 23.2 Å². The summed E-state index contributed by atoms with van der Waals surface area (Å²) in [6, 6.07) is 4.00. The molecule has 13 heteroatoms. The van der Waals surface area contributed by atoms with Gasteiger partial charge in [0.15, 0.2) is 6.04 Å². The van der Waals surface area contributed by atoms with E-state index in [9.17, 15) is 35.6 Å². The number of aliphatic carboxylic acids is 1. The molecule has 0 spiro atoms. The van der Waals surface area contributed by atoms with E-state index in [0.717, 1.165) is 30.3 Å². The number of sulfonamides is 1. The summed E-state index contributed by atoms with van der Waals surface area (Å²) < 4.78 is 78.2. The molecular weight excluding hydrogens is 436 g/mol. The summed E-state index contributed by atoms with van der Waals surface area (Å²) >= 11 is 0. The number of amides is 1. The van der Waals surface area contributed by atoms with Crippen LogP contribution in [0.5, 0.6) is 0 Å². The van der Waals surface area contributed by atoms with Crippen LogP contribution in [-0.4, -0.2) is 43.2 Å². The van der Waals surface area contributed by atoms with Gasteiger partial charge in [0.1, 0.15) is 5.82 Å². The third kappa shape index (κ3) is 5.45. The molecule has 1 amide bonds. The second-order valence-corrected chi connectivity index (χ2v) is 7.55. The van der Waals surface area contributed by atoms with Crippen molar-refractivity contribution in [2.24, 2.45) is 0 Å². The molecule has 0 bridgehead atoms. The van der Waals surface area contributed by atoms with Crippen molar-refractivity contribution in [3.8, 4) is 0 Å². The smallest absolute Gasteiger partial charge is 0.419 e. The van der Waals surface area contributed by atoms with Crippen LogP contribution in [0.1, 0.15) is 15.9 Å². The lowest BCUT2D eigenvalue weighted by molar-refractivity contribution is -0.141. The number of nitrogens with one attached hydrogen (secondary N) is 2. The van der Waals surface area contributed by atoms with Crippen LogP contribution >= 0.6 is 0 Å². The summed E-state index contributed by atoms with van der Waals surface area (Å²) in [7, 11) is -4.38. The van der Waals surface area contributed by atoms with E-state index < -0.39 is 62.7 Å². The molecule has 1 unspecified atom stereocenters. The SMILES string of the molecule is O=C(NC(CO)C(=O)O)c1ccc(S(=O)(=O)Nc2ccc(F)c(C(F)(F)F)c2)cc1. The Bertz CT molecular complexity index is 1050. The first-order valence-corrected chi connectivity index (χ1v) is 9.47. The number of alkyl halides is 3. The van der Waals surface area contributed by atoms with Gasteiger partial charge in [-0.1, -0.05) is 0 Å². The van der Waals surface area contributed by atoms with Crippen LogP contribution in [0.15, 0.2) is 47.4 Å². The summed E-state index contributed by atoms with van der Waals surface area (Å²) in [5, 5.41) is 19.7. The molecule has 4 N–H and O–H groups in total. The highest BCUT2D eigenvalue weighted by Gasteiger charge is 2.34. The minimum atomic E-state index is -5.02. The van der Waals surface area contributed by atoms with E-state index in [1.54, 1.807) is 0 Å². The zero-order valence-corrected chi connectivity index (χ0v) is 15.6.